The highest BCUT2D eigenvalue weighted by molar-refractivity contribution is 6.14. The molecule has 0 bridgehead atoms. The average Bonchev–Trinajstić information content (AvgIpc) is 2.85. The van der Waals surface area contributed by atoms with E-state index in [4.69, 9.17) is 5.73 Å². The normalized spacial score (nSPS) is 27.6. The molecule has 0 saturated carbocycles. The number of piperidine rings is 1. The van der Waals surface area contributed by atoms with E-state index in [2.05, 4.69) is 11.5 Å². The van der Waals surface area contributed by atoms with Crippen molar-refractivity contribution in [1.82, 2.24) is 9.80 Å². The molecule has 1 fully saturated rings. The zero-order chi connectivity index (χ0) is 29.2. The topological polar surface area (TPSA) is 131 Å². The molecule has 10 heteroatoms. The van der Waals surface area contributed by atoms with E-state index in [9.17, 15) is 29.3 Å². The van der Waals surface area contributed by atoms with E-state index in [0.717, 1.165) is 5.69 Å². The summed E-state index contributed by atoms with van der Waals surface area (Å²) in [7, 11) is 7.33. The Hall–Kier alpha value is -3.37. The van der Waals surface area contributed by atoms with Gasteiger partial charge >= 0.3 is 0 Å². The highest BCUT2D eigenvalue weighted by Crippen LogP contribution is 2.54. The van der Waals surface area contributed by atoms with Gasteiger partial charge in [-0.3, -0.25) is 19.4 Å². The van der Waals surface area contributed by atoms with Gasteiger partial charge in [0.25, 0.3) is 5.91 Å². The van der Waals surface area contributed by atoms with Crippen molar-refractivity contribution in [2.45, 2.75) is 44.4 Å². The molecule has 0 spiro atoms. The number of hydrogen-bond donors (Lipinski definition) is 4. The van der Waals surface area contributed by atoms with E-state index >= 15 is 0 Å². The molecule has 1 aliphatic heterocycles. The number of allylic oxidation sites excluding steroid dienone is 2. The van der Waals surface area contributed by atoms with Crippen LogP contribution < -0.4 is 10.6 Å². The number of fused-ring (bicyclic) bond motifs is 3. The predicted molar refractivity (Wildman–Crippen MR) is 150 cm³/mol. The second-order valence-electron chi connectivity index (χ2n) is 12.1. The third kappa shape index (κ3) is 4.37. The minimum absolute atomic E-state index is 0.113. The maximum Gasteiger partial charge on any atom is 0.252 e. The summed E-state index contributed by atoms with van der Waals surface area (Å²) in [5.74, 6) is -3.23. The van der Waals surface area contributed by atoms with Crippen LogP contribution in [0.2, 0.25) is 0 Å². The van der Waals surface area contributed by atoms with Gasteiger partial charge in [-0.25, -0.2) is 4.39 Å². The fourth-order valence-electron chi connectivity index (χ4n) is 7.37. The molecule has 1 aromatic carbocycles. The van der Waals surface area contributed by atoms with Crippen LogP contribution in [0.1, 0.15) is 40.7 Å². The number of alkyl halides is 1. The zero-order valence-electron chi connectivity index (χ0n) is 23.6. The minimum Gasteiger partial charge on any atom is -0.511 e. The Bertz CT molecular complexity index is 1340. The summed E-state index contributed by atoms with van der Waals surface area (Å²) in [6, 6.07) is 1.30. The van der Waals surface area contributed by atoms with Crippen LogP contribution in [0.25, 0.3) is 0 Å². The van der Waals surface area contributed by atoms with E-state index < -0.39 is 29.8 Å². The number of aliphatic hydroxyl groups is 2. The van der Waals surface area contributed by atoms with E-state index in [-0.39, 0.29) is 51.4 Å². The fourth-order valence-corrected chi connectivity index (χ4v) is 7.37. The van der Waals surface area contributed by atoms with Crippen LogP contribution in [0.5, 0.6) is 5.75 Å². The predicted octanol–water partition coefficient (Wildman–Crippen LogP) is 2.99. The van der Waals surface area contributed by atoms with Gasteiger partial charge in [-0.1, -0.05) is 6.58 Å². The van der Waals surface area contributed by atoms with Gasteiger partial charge in [0, 0.05) is 56.5 Å². The number of benzene rings is 1. The number of aliphatic hydroxyl groups excluding tert-OH is 2. The van der Waals surface area contributed by atoms with Crippen molar-refractivity contribution < 1.29 is 29.3 Å². The number of primary amides is 1. The molecule has 9 nitrogen and oxygen atoms in total. The van der Waals surface area contributed by atoms with Crippen molar-refractivity contribution in [2.24, 2.45) is 23.5 Å². The molecular formula is C30H39FN4O5. The quantitative estimate of drug-likeness (QED) is 0.437. The number of amides is 1. The molecule has 0 radical (unpaired) electrons. The second-order valence-corrected chi connectivity index (χ2v) is 12.1. The van der Waals surface area contributed by atoms with Crippen molar-refractivity contribution in [2.75, 3.05) is 46.2 Å². The van der Waals surface area contributed by atoms with Crippen LogP contribution in [0.15, 0.2) is 40.9 Å². The number of likely N-dealkylation sites (N-methyl/N-ethyl adjacent to an activating group) is 1. The third-order valence-electron chi connectivity index (χ3n) is 9.18. The van der Waals surface area contributed by atoms with Crippen molar-refractivity contribution >= 4 is 17.4 Å². The van der Waals surface area contributed by atoms with Gasteiger partial charge in [-0.05, 0) is 68.8 Å². The molecule has 1 saturated heterocycles. The molecule has 5 rings (SSSR count). The number of nitrogens with zero attached hydrogens (tertiary/aromatic N) is 3. The molecule has 0 aromatic heterocycles. The summed E-state index contributed by atoms with van der Waals surface area (Å²) in [5, 5.41) is 34.2. The number of ketones is 1. The Kier molecular flexibility index (Phi) is 7.20. The van der Waals surface area contributed by atoms with Gasteiger partial charge in [-0.15, -0.1) is 0 Å². The average molecular weight is 555 g/mol. The molecule has 1 aromatic rings. The fraction of sp³-hybridized carbons (Fsp3) is 0.533. The zero-order valence-corrected chi connectivity index (χ0v) is 23.6. The lowest BCUT2D eigenvalue weighted by atomic mass is 9.60. The summed E-state index contributed by atoms with van der Waals surface area (Å²) >= 11 is 0. The Morgan fingerprint density at radius 2 is 1.80 bits per heavy atom. The van der Waals surface area contributed by atoms with Crippen molar-refractivity contribution in [3.63, 3.8) is 0 Å². The number of likely N-dealkylation sites (tertiary alicyclic amines) is 1. The van der Waals surface area contributed by atoms with E-state index in [1.807, 2.05) is 25.1 Å². The van der Waals surface area contributed by atoms with Crippen LogP contribution in [0.3, 0.4) is 0 Å². The van der Waals surface area contributed by atoms with Crippen LogP contribution in [0.4, 0.5) is 10.1 Å². The monoisotopic (exact) mass is 554 g/mol. The lowest BCUT2D eigenvalue weighted by Crippen LogP contribution is -2.50. The van der Waals surface area contributed by atoms with Gasteiger partial charge in [0.05, 0.1) is 17.2 Å². The highest BCUT2D eigenvalue weighted by Gasteiger charge is 2.52. The van der Waals surface area contributed by atoms with E-state index in [1.54, 1.807) is 19.0 Å². The number of phenolic OH excluding ortho intramolecular Hbond substituents is 1. The summed E-state index contributed by atoms with van der Waals surface area (Å²) in [4.78, 5) is 32.2. The van der Waals surface area contributed by atoms with Gasteiger partial charge in [0.1, 0.15) is 23.4 Å². The Morgan fingerprint density at radius 3 is 2.38 bits per heavy atom. The standard InChI is InChI=1S/C30H39FN4O5/c1-14-21-19(25(34(4)5)29(39)22(14)30(32)40)11-15-10-18-20(33(2)3)12-16(13-35-8-6-17(31)7-9-35)26(36)24(18)28(38)23(15)27(21)37/h12,15,17,19,21,25,36-37,39H,1,6-11,13H2,2-5H3,(H2,32,40)/t15?,19?,21?,25-/m0/s1. The number of hydrogen-bond acceptors (Lipinski definition) is 8. The maximum absolute atomic E-state index is 14.2. The SMILES string of the molecule is C=C1C(C(N)=O)=C(O)[C@@H](N(C)C)C2CC3Cc4c(N(C)C)cc(CN5CCC(F)CC5)c(O)c4C(=O)C3=C(O)C12. The molecule has 1 heterocycles. The number of carbonyl (C=O) groups excluding carboxylic acids is 2. The summed E-state index contributed by atoms with van der Waals surface area (Å²) in [5.41, 5.74) is 8.18. The second kappa shape index (κ2) is 10.2. The van der Waals surface area contributed by atoms with Crippen LogP contribution in [-0.2, 0) is 17.8 Å². The molecule has 1 amide bonds. The maximum atomic E-state index is 14.2. The number of aromatic hydroxyl groups is 1. The number of phenols is 1. The van der Waals surface area contributed by atoms with E-state index in [0.29, 0.717) is 56.4 Å². The minimum atomic E-state index is -0.845. The lowest BCUT2D eigenvalue weighted by molar-refractivity contribution is -0.114. The van der Waals surface area contributed by atoms with Crippen molar-refractivity contribution in [1.29, 1.82) is 0 Å². The number of carbonyl (C=O) groups is 2. The Labute approximate surface area is 234 Å². The first kappa shape index (κ1) is 28.2. The van der Waals surface area contributed by atoms with Crippen LogP contribution in [-0.4, -0.2) is 90.3 Å². The third-order valence-corrected chi connectivity index (χ3v) is 9.18. The number of nitrogens with two attached hydrogens (primary N) is 1. The van der Waals surface area contributed by atoms with Crippen LogP contribution in [0, 0.1) is 17.8 Å². The molecule has 216 valence electrons. The molecule has 3 aliphatic carbocycles. The number of halogens is 1. The van der Waals surface area contributed by atoms with Gasteiger partial charge in [-0.2, -0.15) is 0 Å². The van der Waals surface area contributed by atoms with Gasteiger partial charge < -0.3 is 26.0 Å². The highest BCUT2D eigenvalue weighted by atomic mass is 19.1. The summed E-state index contributed by atoms with van der Waals surface area (Å²) in [6.07, 6.45) is 0.929. The first-order chi connectivity index (χ1) is 18.8. The van der Waals surface area contributed by atoms with E-state index in [1.165, 1.54) is 0 Å². The smallest absolute Gasteiger partial charge is 0.252 e. The molecule has 40 heavy (non-hydrogen) atoms. The van der Waals surface area contributed by atoms with Gasteiger partial charge in [0.2, 0.25) is 0 Å². The number of Topliss-reactive ketones (excluding diaryl/α,β-unsaturated/α-hetero) is 1. The summed E-state index contributed by atoms with van der Waals surface area (Å²) in [6.45, 7) is 5.53. The van der Waals surface area contributed by atoms with Crippen molar-refractivity contribution in [3.05, 3.63) is 57.6 Å². The Morgan fingerprint density at radius 1 is 1.15 bits per heavy atom. The molecular weight excluding hydrogens is 515 g/mol. The van der Waals surface area contributed by atoms with Crippen molar-refractivity contribution in [3.8, 4) is 5.75 Å². The number of rotatable bonds is 5. The first-order valence-corrected chi connectivity index (χ1v) is 13.8. The molecule has 4 atom stereocenters. The molecule has 3 unspecified atom stereocenters. The number of anilines is 1. The van der Waals surface area contributed by atoms with Gasteiger partial charge in [0.15, 0.2) is 5.78 Å². The summed E-state index contributed by atoms with van der Waals surface area (Å²) < 4.78 is 13.7. The molecule has 5 N–H and O–H groups in total. The molecule has 4 aliphatic rings. The Balaban J connectivity index is 1.61. The van der Waals surface area contributed by atoms with Crippen LogP contribution >= 0.6 is 0 Å². The first-order valence-electron chi connectivity index (χ1n) is 13.8. The largest absolute Gasteiger partial charge is 0.511 e. The lowest BCUT2D eigenvalue weighted by Gasteiger charge is -2.47.